The molecular formula is C21H31N5O6S. The van der Waals surface area contributed by atoms with E-state index in [1.165, 1.54) is 0 Å². The number of hydrogen-bond acceptors (Lipinski definition) is 7. The van der Waals surface area contributed by atoms with Gasteiger partial charge < -0.3 is 32.5 Å². The van der Waals surface area contributed by atoms with Crippen LogP contribution in [0.4, 0.5) is 0 Å². The van der Waals surface area contributed by atoms with E-state index in [1.807, 2.05) is 0 Å². The Bertz CT molecular complexity index is 851. The van der Waals surface area contributed by atoms with Crippen molar-refractivity contribution in [2.75, 3.05) is 5.75 Å². The zero-order chi connectivity index (χ0) is 25.1. The zero-order valence-corrected chi connectivity index (χ0v) is 19.4. The van der Waals surface area contributed by atoms with Gasteiger partial charge in [-0.1, -0.05) is 44.2 Å². The molecule has 182 valence electrons. The molecular weight excluding hydrogens is 450 g/mol. The van der Waals surface area contributed by atoms with Crippen LogP contribution in [0.25, 0.3) is 0 Å². The van der Waals surface area contributed by atoms with E-state index in [1.54, 1.807) is 44.2 Å². The van der Waals surface area contributed by atoms with Crippen LogP contribution in [-0.4, -0.2) is 64.6 Å². The van der Waals surface area contributed by atoms with Gasteiger partial charge in [0.05, 0.1) is 12.5 Å². The molecule has 0 aromatic heterocycles. The van der Waals surface area contributed by atoms with Crippen LogP contribution in [0, 0.1) is 5.92 Å². The van der Waals surface area contributed by atoms with Crippen molar-refractivity contribution in [1.29, 1.82) is 0 Å². The summed E-state index contributed by atoms with van der Waals surface area (Å²) in [5, 5.41) is 16.3. The number of aliphatic carboxylic acids is 1. The first-order valence-electron chi connectivity index (χ1n) is 10.3. The summed E-state index contributed by atoms with van der Waals surface area (Å²) in [7, 11) is 0. The number of carbonyl (C=O) groups excluding carboxylic acids is 4. The maximum Gasteiger partial charge on any atom is 0.327 e. The standard InChI is InChI=1S/C21H31N5O6S/c1-11(2)17(23)20(30)25-13(8-12-6-4-3-5-7-12)18(28)24-14(9-16(22)27)19(29)26-15(10-33)21(31)32/h3-7,11,13-15,17,33H,8-10,23H2,1-2H3,(H2,22,27)(H,24,28)(H,25,30)(H,26,29)(H,31,32). The molecule has 0 fully saturated rings. The summed E-state index contributed by atoms with van der Waals surface area (Å²) in [5.74, 6) is -4.86. The number of primary amides is 1. The maximum atomic E-state index is 13.0. The molecule has 8 N–H and O–H groups in total. The van der Waals surface area contributed by atoms with Gasteiger partial charge in [0.25, 0.3) is 0 Å². The monoisotopic (exact) mass is 481 g/mol. The Morgan fingerprint density at radius 2 is 1.42 bits per heavy atom. The first kappa shape index (κ1) is 27.9. The number of nitrogens with one attached hydrogen (secondary N) is 3. The van der Waals surface area contributed by atoms with E-state index in [-0.39, 0.29) is 18.1 Å². The van der Waals surface area contributed by atoms with Crippen LogP contribution in [0.15, 0.2) is 30.3 Å². The van der Waals surface area contributed by atoms with Gasteiger partial charge in [-0.3, -0.25) is 19.2 Å². The van der Waals surface area contributed by atoms with Crippen LogP contribution in [0.1, 0.15) is 25.8 Å². The molecule has 11 nitrogen and oxygen atoms in total. The first-order chi connectivity index (χ1) is 15.5. The zero-order valence-electron chi connectivity index (χ0n) is 18.5. The smallest absolute Gasteiger partial charge is 0.327 e. The molecule has 0 aliphatic carbocycles. The average Bonchev–Trinajstić information content (AvgIpc) is 2.75. The summed E-state index contributed by atoms with van der Waals surface area (Å²) in [5.41, 5.74) is 11.8. The number of thiol groups is 1. The molecule has 1 rings (SSSR count). The highest BCUT2D eigenvalue weighted by atomic mass is 32.1. The highest BCUT2D eigenvalue weighted by molar-refractivity contribution is 7.80. The molecule has 4 atom stereocenters. The molecule has 0 aliphatic rings. The molecule has 4 amide bonds. The number of nitrogens with two attached hydrogens (primary N) is 2. The molecule has 0 heterocycles. The minimum absolute atomic E-state index is 0.0858. The molecule has 0 saturated carbocycles. The van der Waals surface area contributed by atoms with Crippen LogP contribution in [0.3, 0.4) is 0 Å². The number of carboxylic acids is 1. The lowest BCUT2D eigenvalue weighted by atomic mass is 10.0. The highest BCUT2D eigenvalue weighted by Gasteiger charge is 2.31. The minimum Gasteiger partial charge on any atom is -0.480 e. The maximum absolute atomic E-state index is 13.0. The van der Waals surface area contributed by atoms with E-state index < -0.39 is 60.2 Å². The number of amides is 4. The highest BCUT2D eigenvalue weighted by Crippen LogP contribution is 2.07. The van der Waals surface area contributed by atoms with E-state index in [4.69, 9.17) is 16.6 Å². The molecule has 0 aliphatic heterocycles. The number of carboxylic acid groups (broad SMARTS) is 1. The Morgan fingerprint density at radius 3 is 1.91 bits per heavy atom. The van der Waals surface area contributed by atoms with Crippen LogP contribution in [0.5, 0.6) is 0 Å². The second-order valence-electron chi connectivity index (χ2n) is 7.83. The van der Waals surface area contributed by atoms with Crippen molar-refractivity contribution >= 4 is 42.2 Å². The van der Waals surface area contributed by atoms with Crippen LogP contribution >= 0.6 is 12.6 Å². The van der Waals surface area contributed by atoms with Gasteiger partial charge in [-0.2, -0.15) is 12.6 Å². The Hall–Kier alpha value is -3.12. The van der Waals surface area contributed by atoms with Crippen molar-refractivity contribution < 1.29 is 29.1 Å². The molecule has 1 aromatic carbocycles. The van der Waals surface area contributed by atoms with Crippen molar-refractivity contribution in [3.8, 4) is 0 Å². The SMILES string of the molecule is CC(C)C(N)C(=O)NC(Cc1ccccc1)C(=O)NC(CC(N)=O)C(=O)NC(CS)C(=O)O. The third kappa shape index (κ3) is 9.49. The molecule has 0 bridgehead atoms. The van der Waals surface area contributed by atoms with E-state index in [0.29, 0.717) is 0 Å². The summed E-state index contributed by atoms with van der Waals surface area (Å²) in [4.78, 5) is 60.7. The van der Waals surface area contributed by atoms with Gasteiger partial charge in [-0.15, -0.1) is 0 Å². The van der Waals surface area contributed by atoms with Crippen molar-refractivity contribution in [2.24, 2.45) is 17.4 Å². The van der Waals surface area contributed by atoms with Gasteiger partial charge in [-0.05, 0) is 11.5 Å². The number of rotatable bonds is 13. The fraction of sp³-hybridized carbons (Fsp3) is 0.476. The topological polar surface area (TPSA) is 194 Å². The van der Waals surface area contributed by atoms with Gasteiger partial charge in [0.2, 0.25) is 23.6 Å². The van der Waals surface area contributed by atoms with Crippen molar-refractivity contribution in [3.63, 3.8) is 0 Å². The average molecular weight is 482 g/mol. The van der Waals surface area contributed by atoms with Gasteiger partial charge in [-0.25, -0.2) is 4.79 Å². The van der Waals surface area contributed by atoms with Gasteiger partial charge >= 0.3 is 5.97 Å². The van der Waals surface area contributed by atoms with E-state index >= 15 is 0 Å². The molecule has 0 radical (unpaired) electrons. The number of benzene rings is 1. The Morgan fingerprint density at radius 1 is 0.909 bits per heavy atom. The molecule has 12 heteroatoms. The fourth-order valence-electron chi connectivity index (χ4n) is 2.77. The summed E-state index contributed by atoms with van der Waals surface area (Å²) >= 11 is 3.87. The summed E-state index contributed by atoms with van der Waals surface area (Å²) in [6.07, 6.45) is -0.490. The molecule has 1 aromatic rings. The summed E-state index contributed by atoms with van der Waals surface area (Å²) in [6.45, 7) is 3.51. The quantitative estimate of drug-likeness (QED) is 0.168. The lowest BCUT2D eigenvalue weighted by molar-refractivity contribution is -0.141. The van der Waals surface area contributed by atoms with Crippen LogP contribution in [0.2, 0.25) is 0 Å². The Balaban J connectivity index is 3.09. The Kier molecular flexibility index (Phi) is 11.4. The predicted molar refractivity (Wildman–Crippen MR) is 124 cm³/mol. The minimum atomic E-state index is -1.45. The molecule has 33 heavy (non-hydrogen) atoms. The van der Waals surface area contributed by atoms with Gasteiger partial charge in [0.15, 0.2) is 0 Å². The normalized spacial score (nSPS) is 14.5. The first-order valence-corrected chi connectivity index (χ1v) is 10.9. The predicted octanol–water partition coefficient (Wildman–Crippen LogP) is -1.44. The van der Waals surface area contributed by atoms with E-state index in [9.17, 15) is 24.0 Å². The lowest BCUT2D eigenvalue weighted by Crippen LogP contribution is -2.58. The Labute approximate surface area is 197 Å². The van der Waals surface area contributed by atoms with E-state index in [0.717, 1.165) is 5.56 Å². The molecule has 0 spiro atoms. The lowest BCUT2D eigenvalue weighted by Gasteiger charge is -2.25. The van der Waals surface area contributed by atoms with E-state index in [2.05, 4.69) is 28.6 Å². The fourth-order valence-corrected chi connectivity index (χ4v) is 3.02. The molecule has 4 unspecified atom stereocenters. The molecule has 0 saturated heterocycles. The summed E-state index contributed by atoms with van der Waals surface area (Å²) in [6, 6.07) is 4.05. The van der Waals surface area contributed by atoms with Crippen LogP contribution < -0.4 is 27.4 Å². The van der Waals surface area contributed by atoms with Crippen molar-refractivity contribution in [1.82, 2.24) is 16.0 Å². The second kappa shape index (κ2) is 13.4. The number of hydrogen-bond donors (Lipinski definition) is 7. The number of carbonyl (C=O) groups is 5. The second-order valence-corrected chi connectivity index (χ2v) is 8.20. The van der Waals surface area contributed by atoms with Crippen molar-refractivity contribution in [2.45, 2.75) is 50.9 Å². The van der Waals surface area contributed by atoms with Gasteiger partial charge in [0.1, 0.15) is 18.1 Å². The summed E-state index contributed by atoms with van der Waals surface area (Å²) < 4.78 is 0. The third-order valence-corrected chi connectivity index (χ3v) is 5.14. The van der Waals surface area contributed by atoms with Gasteiger partial charge in [0, 0.05) is 12.2 Å². The van der Waals surface area contributed by atoms with Crippen molar-refractivity contribution in [3.05, 3.63) is 35.9 Å². The van der Waals surface area contributed by atoms with Crippen LogP contribution in [-0.2, 0) is 30.4 Å². The third-order valence-electron chi connectivity index (χ3n) is 4.77. The largest absolute Gasteiger partial charge is 0.480 e.